The number of aliphatic hydroxyl groups excluding tert-OH is 1. The summed E-state index contributed by atoms with van der Waals surface area (Å²) in [5.41, 5.74) is 1.89. The molecule has 0 fully saturated rings. The lowest BCUT2D eigenvalue weighted by atomic mass is 10.3. The van der Waals surface area contributed by atoms with Gasteiger partial charge >= 0.3 is 0 Å². The van der Waals surface area contributed by atoms with Crippen LogP contribution in [0.15, 0.2) is 0 Å². The first-order chi connectivity index (χ1) is 7.10. The Morgan fingerprint density at radius 1 is 1.60 bits per heavy atom. The summed E-state index contributed by atoms with van der Waals surface area (Å²) < 4.78 is 1.79. The summed E-state index contributed by atoms with van der Waals surface area (Å²) >= 11 is 6.17. The summed E-state index contributed by atoms with van der Waals surface area (Å²) in [5, 5.41) is 17.1. The molecule has 1 unspecified atom stereocenters. The molecule has 0 aliphatic carbocycles. The first-order valence-electron chi connectivity index (χ1n) is 5.14. The lowest BCUT2D eigenvalue weighted by Gasteiger charge is -2.10. The third-order valence-corrected chi connectivity index (χ3v) is 2.83. The average Bonchev–Trinajstić information content (AvgIpc) is 2.51. The van der Waals surface area contributed by atoms with Crippen molar-refractivity contribution >= 4 is 11.6 Å². The zero-order valence-corrected chi connectivity index (χ0v) is 10.2. The molecule has 15 heavy (non-hydrogen) atoms. The molecule has 4 nitrogen and oxygen atoms in total. The van der Waals surface area contributed by atoms with E-state index >= 15 is 0 Å². The van der Waals surface area contributed by atoms with Gasteiger partial charge in [0, 0.05) is 19.6 Å². The monoisotopic (exact) mass is 231 g/mol. The third kappa shape index (κ3) is 2.93. The van der Waals surface area contributed by atoms with E-state index < -0.39 is 0 Å². The summed E-state index contributed by atoms with van der Waals surface area (Å²) in [4.78, 5) is 0. The van der Waals surface area contributed by atoms with Crippen LogP contribution >= 0.6 is 11.6 Å². The van der Waals surface area contributed by atoms with E-state index in [9.17, 15) is 0 Å². The fourth-order valence-electron chi connectivity index (χ4n) is 1.35. The lowest BCUT2D eigenvalue weighted by molar-refractivity contribution is 0.250. The maximum Gasteiger partial charge on any atom is 0.0863 e. The van der Waals surface area contributed by atoms with E-state index in [-0.39, 0.29) is 12.6 Å². The SMILES string of the molecule is CCc1nn(C)c(CNC(C)CO)c1Cl. The molecule has 0 aliphatic heterocycles. The average molecular weight is 232 g/mol. The second kappa shape index (κ2) is 5.49. The van der Waals surface area contributed by atoms with Crippen LogP contribution in [0, 0.1) is 0 Å². The molecule has 0 amide bonds. The van der Waals surface area contributed by atoms with E-state index in [1.165, 1.54) is 0 Å². The largest absolute Gasteiger partial charge is 0.395 e. The normalized spacial score (nSPS) is 13.1. The van der Waals surface area contributed by atoms with Crippen molar-refractivity contribution in [3.8, 4) is 0 Å². The van der Waals surface area contributed by atoms with Gasteiger partial charge in [0.25, 0.3) is 0 Å². The molecule has 86 valence electrons. The van der Waals surface area contributed by atoms with Crippen LogP contribution in [0.3, 0.4) is 0 Å². The molecule has 0 saturated carbocycles. The number of aliphatic hydroxyl groups is 1. The Balaban J connectivity index is 2.72. The maximum absolute atomic E-state index is 8.88. The van der Waals surface area contributed by atoms with Crippen molar-refractivity contribution in [2.24, 2.45) is 7.05 Å². The van der Waals surface area contributed by atoms with E-state index in [0.717, 1.165) is 22.8 Å². The van der Waals surface area contributed by atoms with Crippen LogP contribution in [0.25, 0.3) is 0 Å². The lowest BCUT2D eigenvalue weighted by Crippen LogP contribution is -2.29. The zero-order chi connectivity index (χ0) is 11.4. The molecule has 2 N–H and O–H groups in total. The van der Waals surface area contributed by atoms with Gasteiger partial charge < -0.3 is 10.4 Å². The molecule has 1 aromatic rings. The molecule has 0 spiro atoms. The highest BCUT2D eigenvalue weighted by Crippen LogP contribution is 2.20. The number of aromatic nitrogens is 2. The third-order valence-electron chi connectivity index (χ3n) is 2.39. The number of halogens is 1. The molecule has 1 heterocycles. The number of rotatable bonds is 5. The molecule has 0 aliphatic rings. The Morgan fingerprint density at radius 3 is 2.73 bits per heavy atom. The summed E-state index contributed by atoms with van der Waals surface area (Å²) in [6.45, 7) is 4.70. The van der Waals surface area contributed by atoms with Gasteiger partial charge in [-0.1, -0.05) is 18.5 Å². The number of hydrogen-bond acceptors (Lipinski definition) is 3. The van der Waals surface area contributed by atoms with Crippen LogP contribution in [-0.2, 0) is 20.0 Å². The van der Waals surface area contributed by atoms with Gasteiger partial charge in [-0.25, -0.2) is 0 Å². The number of nitrogens with zero attached hydrogens (tertiary/aromatic N) is 2. The zero-order valence-electron chi connectivity index (χ0n) is 9.42. The molecule has 0 bridgehead atoms. The minimum absolute atomic E-state index is 0.0704. The molecule has 1 rings (SSSR count). The van der Waals surface area contributed by atoms with Gasteiger partial charge in [-0.05, 0) is 13.3 Å². The fourth-order valence-corrected chi connectivity index (χ4v) is 1.71. The van der Waals surface area contributed by atoms with Crippen molar-refractivity contribution in [1.29, 1.82) is 0 Å². The van der Waals surface area contributed by atoms with Gasteiger partial charge in [0.1, 0.15) is 0 Å². The first-order valence-corrected chi connectivity index (χ1v) is 5.52. The summed E-state index contributed by atoms with van der Waals surface area (Å²) in [7, 11) is 1.88. The Labute approximate surface area is 95.2 Å². The molecule has 0 saturated heterocycles. The van der Waals surface area contributed by atoms with Gasteiger partial charge in [0.2, 0.25) is 0 Å². The van der Waals surface area contributed by atoms with E-state index in [2.05, 4.69) is 10.4 Å². The fraction of sp³-hybridized carbons (Fsp3) is 0.700. The number of hydrogen-bond donors (Lipinski definition) is 2. The van der Waals surface area contributed by atoms with Crippen molar-refractivity contribution in [1.82, 2.24) is 15.1 Å². The second-order valence-electron chi connectivity index (χ2n) is 3.65. The van der Waals surface area contributed by atoms with Gasteiger partial charge in [-0.2, -0.15) is 5.10 Å². The van der Waals surface area contributed by atoms with E-state index in [0.29, 0.717) is 6.54 Å². The summed E-state index contributed by atoms with van der Waals surface area (Å²) in [5.74, 6) is 0. The van der Waals surface area contributed by atoms with Crippen molar-refractivity contribution in [2.75, 3.05) is 6.61 Å². The molecule has 0 radical (unpaired) electrons. The highest BCUT2D eigenvalue weighted by molar-refractivity contribution is 6.31. The molecular formula is C10H18ClN3O. The van der Waals surface area contributed by atoms with Crippen molar-refractivity contribution in [2.45, 2.75) is 32.9 Å². The van der Waals surface area contributed by atoms with Crippen molar-refractivity contribution < 1.29 is 5.11 Å². The highest BCUT2D eigenvalue weighted by Gasteiger charge is 2.12. The maximum atomic E-state index is 8.88. The molecular weight excluding hydrogens is 214 g/mol. The predicted octanol–water partition coefficient (Wildman–Crippen LogP) is 1.11. The minimum atomic E-state index is 0.0704. The summed E-state index contributed by atoms with van der Waals surface area (Å²) in [6.07, 6.45) is 0.836. The highest BCUT2D eigenvalue weighted by atomic mass is 35.5. The molecule has 1 atom stereocenters. The van der Waals surface area contributed by atoms with Gasteiger partial charge in [0.05, 0.1) is 23.0 Å². The van der Waals surface area contributed by atoms with Crippen LogP contribution in [0.4, 0.5) is 0 Å². The molecule has 5 heteroatoms. The summed E-state index contributed by atoms with van der Waals surface area (Å²) in [6, 6.07) is 0.0704. The minimum Gasteiger partial charge on any atom is -0.395 e. The van der Waals surface area contributed by atoms with Crippen LogP contribution in [0.2, 0.25) is 5.02 Å². The quantitative estimate of drug-likeness (QED) is 0.798. The van der Waals surface area contributed by atoms with E-state index in [1.807, 2.05) is 20.9 Å². The van der Waals surface area contributed by atoms with Crippen LogP contribution < -0.4 is 5.32 Å². The second-order valence-corrected chi connectivity index (χ2v) is 4.03. The van der Waals surface area contributed by atoms with Gasteiger partial charge in [-0.15, -0.1) is 0 Å². The van der Waals surface area contributed by atoms with Gasteiger partial charge in [0.15, 0.2) is 0 Å². The topological polar surface area (TPSA) is 50.1 Å². The Morgan fingerprint density at radius 2 is 2.27 bits per heavy atom. The first kappa shape index (κ1) is 12.5. The smallest absolute Gasteiger partial charge is 0.0863 e. The van der Waals surface area contributed by atoms with Crippen molar-refractivity contribution in [3.63, 3.8) is 0 Å². The predicted molar refractivity (Wildman–Crippen MR) is 61.0 cm³/mol. The van der Waals surface area contributed by atoms with Gasteiger partial charge in [-0.3, -0.25) is 4.68 Å². The molecule has 0 aromatic carbocycles. The van der Waals surface area contributed by atoms with Crippen LogP contribution in [0.1, 0.15) is 25.2 Å². The Bertz CT molecular complexity index is 325. The van der Waals surface area contributed by atoms with E-state index in [1.54, 1.807) is 4.68 Å². The number of aryl methyl sites for hydroxylation is 2. The van der Waals surface area contributed by atoms with Crippen molar-refractivity contribution in [3.05, 3.63) is 16.4 Å². The van der Waals surface area contributed by atoms with E-state index in [4.69, 9.17) is 16.7 Å². The standard InChI is InChI=1S/C10H18ClN3O/c1-4-8-10(11)9(14(3)13-8)5-12-7(2)6-15/h7,12,15H,4-6H2,1-3H3. The van der Waals surface area contributed by atoms with Crippen LogP contribution in [-0.4, -0.2) is 27.5 Å². The Hall–Kier alpha value is -0.580. The van der Waals surface area contributed by atoms with Crippen LogP contribution in [0.5, 0.6) is 0 Å². The number of nitrogens with one attached hydrogen (secondary N) is 1. The Kier molecular flexibility index (Phi) is 4.57. The molecule has 1 aromatic heterocycles.